The van der Waals surface area contributed by atoms with Crippen molar-refractivity contribution in [1.29, 1.82) is 0 Å². The first-order chi connectivity index (χ1) is 12.1. The molecule has 1 aromatic rings. The van der Waals surface area contributed by atoms with Gasteiger partial charge in [-0.2, -0.15) is 17.0 Å². The highest BCUT2D eigenvalue weighted by Crippen LogP contribution is 2.42. The molecular formula is C17H23F2N3O3S. The van der Waals surface area contributed by atoms with Crippen molar-refractivity contribution in [3.05, 3.63) is 35.4 Å². The number of halogens is 2. The molecule has 0 aromatic heterocycles. The molecule has 6 nitrogen and oxygen atoms in total. The number of carbonyl (C=O) groups excluding carboxylic acids is 1. The monoisotopic (exact) mass is 387 g/mol. The Balaban J connectivity index is 1.65. The van der Waals surface area contributed by atoms with Crippen LogP contribution in [0.3, 0.4) is 0 Å². The van der Waals surface area contributed by atoms with E-state index in [1.54, 1.807) is 4.90 Å². The van der Waals surface area contributed by atoms with Gasteiger partial charge in [0.05, 0.1) is 0 Å². The lowest BCUT2D eigenvalue weighted by atomic mass is 9.78. The molecule has 0 atom stereocenters. The Morgan fingerprint density at radius 3 is 2.38 bits per heavy atom. The minimum atomic E-state index is -3.44. The first-order valence-corrected chi connectivity index (χ1v) is 9.92. The molecule has 0 radical (unpaired) electrons. The van der Waals surface area contributed by atoms with Gasteiger partial charge in [0.25, 0.3) is 10.2 Å². The van der Waals surface area contributed by atoms with Crippen LogP contribution >= 0.6 is 0 Å². The molecule has 1 spiro atoms. The SMILES string of the molecule is CN(C)S(=O)(=O)N1CCC2(CC1)CC(=O)N(Cc1ccc(F)c(F)c1)C2. The van der Waals surface area contributed by atoms with E-state index in [9.17, 15) is 22.0 Å². The van der Waals surface area contributed by atoms with Crippen LogP contribution in [0.4, 0.5) is 8.78 Å². The number of rotatable bonds is 4. The van der Waals surface area contributed by atoms with E-state index in [-0.39, 0.29) is 17.9 Å². The lowest BCUT2D eigenvalue weighted by Gasteiger charge is -2.38. The predicted molar refractivity (Wildman–Crippen MR) is 92.2 cm³/mol. The van der Waals surface area contributed by atoms with E-state index in [0.717, 1.165) is 12.1 Å². The summed E-state index contributed by atoms with van der Waals surface area (Å²) in [5, 5.41) is 0. The fourth-order valence-electron chi connectivity index (χ4n) is 3.74. The second kappa shape index (κ2) is 6.86. The van der Waals surface area contributed by atoms with Crippen LogP contribution in [0.1, 0.15) is 24.8 Å². The quantitative estimate of drug-likeness (QED) is 0.788. The van der Waals surface area contributed by atoms with Gasteiger partial charge in [0.15, 0.2) is 11.6 Å². The van der Waals surface area contributed by atoms with Gasteiger partial charge in [-0.1, -0.05) is 6.07 Å². The lowest BCUT2D eigenvalue weighted by molar-refractivity contribution is -0.128. The Hall–Kier alpha value is -1.58. The summed E-state index contributed by atoms with van der Waals surface area (Å²) >= 11 is 0. The van der Waals surface area contributed by atoms with Crippen LogP contribution < -0.4 is 0 Å². The fraction of sp³-hybridized carbons (Fsp3) is 0.588. The largest absolute Gasteiger partial charge is 0.338 e. The molecule has 144 valence electrons. The molecule has 0 bridgehead atoms. The van der Waals surface area contributed by atoms with Crippen molar-refractivity contribution in [1.82, 2.24) is 13.5 Å². The summed E-state index contributed by atoms with van der Waals surface area (Å²) in [6, 6.07) is 3.65. The summed E-state index contributed by atoms with van der Waals surface area (Å²) in [6.07, 6.45) is 1.59. The number of amides is 1. The van der Waals surface area contributed by atoms with Gasteiger partial charge in [-0.3, -0.25) is 4.79 Å². The zero-order valence-corrected chi connectivity index (χ0v) is 15.7. The van der Waals surface area contributed by atoms with Crippen molar-refractivity contribution in [2.75, 3.05) is 33.7 Å². The first-order valence-electron chi connectivity index (χ1n) is 8.52. The van der Waals surface area contributed by atoms with Gasteiger partial charge in [0, 0.05) is 46.7 Å². The maximum absolute atomic E-state index is 13.4. The van der Waals surface area contributed by atoms with Gasteiger partial charge in [-0.25, -0.2) is 8.78 Å². The first kappa shape index (κ1) is 19.2. The van der Waals surface area contributed by atoms with Crippen molar-refractivity contribution < 1.29 is 22.0 Å². The molecule has 0 unspecified atom stereocenters. The van der Waals surface area contributed by atoms with Crippen LogP contribution in [0.25, 0.3) is 0 Å². The predicted octanol–water partition coefficient (Wildman–Crippen LogP) is 1.59. The second-order valence-corrected chi connectivity index (χ2v) is 9.51. The van der Waals surface area contributed by atoms with Gasteiger partial charge < -0.3 is 4.90 Å². The number of nitrogens with zero attached hydrogens (tertiary/aromatic N) is 3. The molecule has 0 aliphatic carbocycles. The summed E-state index contributed by atoms with van der Waals surface area (Å²) in [7, 11) is -0.435. The molecule has 26 heavy (non-hydrogen) atoms. The standard InChI is InChI=1S/C17H23F2N3O3S/c1-20(2)26(24,25)22-7-5-17(6-8-22)10-16(23)21(12-17)11-13-3-4-14(18)15(19)9-13/h3-4,9H,5-8,10-12H2,1-2H3. The average molecular weight is 387 g/mol. The van der Waals surface area contributed by atoms with E-state index < -0.39 is 21.8 Å². The average Bonchev–Trinajstić information content (AvgIpc) is 2.86. The molecule has 2 aliphatic rings. The topological polar surface area (TPSA) is 60.9 Å². The van der Waals surface area contributed by atoms with E-state index in [0.29, 0.717) is 44.5 Å². The molecule has 2 saturated heterocycles. The van der Waals surface area contributed by atoms with Crippen LogP contribution in [0.2, 0.25) is 0 Å². The van der Waals surface area contributed by atoms with Crippen molar-refractivity contribution in [3.63, 3.8) is 0 Å². The number of carbonyl (C=O) groups is 1. The summed E-state index contributed by atoms with van der Waals surface area (Å²) < 4.78 is 53.5. The highest BCUT2D eigenvalue weighted by atomic mass is 32.2. The van der Waals surface area contributed by atoms with E-state index in [1.807, 2.05) is 0 Å². The molecule has 3 rings (SSSR count). The van der Waals surface area contributed by atoms with Crippen LogP contribution in [0.5, 0.6) is 0 Å². The van der Waals surface area contributed by atoms with Crippen molar-refractivity contribution in [3.8, 4) is 0 Å². The van der Waals surface area contributed by atoms with Crippen molar-refractivity contribution in [2.24, 2.45) is 5.41 Å². The molecule has 2 fully saturated rings. The van der Waals surface area contributed by atoms with Crippen LogP contribution in [0, 0.1) is 17.0 Å². The number of piperidine rings is 1. The van der Waals surface area contributed by atoms with Crippen molar-refractivity contribution in [2.45, 2.75) is 25.8 Å². The summed E-state index contributed by atoms with van der Waals surface area (Å²) in [5.74, 6) is -1.86. The van der Waals surface area contributed by atoms with E-state index in [1.165, 1.54) is 28.8 Å². The zero-order valence-electron chi connectivity index (χ0n) is 14.9. The molecule has 1 aromatic carbocycles. The Bertz CT molecular complexity index is 805. The zero-order chi connectivity index (χ0) is 19.1. The van der Waals surface area contributed by atoms with Gasteiger partial charge in [-0.05, 0) is 36.0 Å². The molecule has 0 N–H and O–H groups in total. The van der Waals surface area contributed by atoms with Crippen LogP contribution in [-0.4, -0.2) is 61.6 Å². The van der Waals surface area contributed by atoms with Gasteiger partial charge in [-0.15, -0.1) is 0 Å². The summed E-state index contributed by atoms with van der Waals surface area (Å²) in [4.78, 5) is 14.1. The van der Waals surface area contributed by atoms with E-state index in [4.69, 9.17) is 0 Å². The van der Waals surface area contributed by atoms with Crippen molar-refractivity contribution >= 4 is 16.1 Å². The number of benzene rings is 1. The van der Waals surface area contributed by atoms with E-state index in [2.05, 4.69) is 0 Å². The third-order valence-electron chi connectivity index (χ3n) is 5.33. The highest BCUT2D eigenvalue weighted by molar-refractivity contribution is 7.86. The highest BCUT2D eigenvalue weighted by Gasteiger charge is 2.46. The minimum Gasteiger partial charge on any atom is -0.338 e. The maximum Gasteiger partial charge on any atom is 0.281 e. The minimum absolute atomic E-state index is 0.0290. The molecule has 9 heteroatoms. The van der Waals surface area contributed by atoms with Crippen LogP contribution in [0.15, 0.2) is 18.2 Å². The molecule has 1 amide bonds. The second-order valence-electron chi connectivity index (χ2n) is 7.36. The third-order valence-corrected chi connectivity index (χ3v) is 7.27. The molecule has 2 aliphatic heterocycles. The molecule has 0 saturated carbocycles. The Morgan fingerprint density at radius 1 is 1.15 bits per heavy atom. The fourth-order valence-corrected chi connectivity index (χ4v) is 4.85. The number of hydrogen-bond acceptors (Lipinski definition) is 3. The normalized spacial score (nSPS) is 21.1. The maximum atomic E-state index is 13.4. The summed E-state index contributed by atoms with van der Waals surface area (Å²) in [6.45, 7) is 1.51. The summed E-state index contributed by atoms with van der Waals surface area (Å²) in [5.41, 5.74) is 0.301. The number of likely N-dealkylation sites (tertiary alicyclic amines) is 1. The number of hydrogen-bond donors (Lipinski definition) is 0. The molecular weight excluding hydrogens is 364 g/mol. The Labute approximate surface area is 152 Å². The van der Waals surface area contributed by atoms with Gasteiger partial charge in [0.2, 0.25) is 5.91 Å². The van der Waals surface area contributed by atoms with Gasteiger partial charge in [0.1, 0.15) is 0 Å². The molecule has 2 heterocycles. The van der Waals surface area contributed by atoms with Gasteiger partial charge >= 0.3 is 0 Å². The third kappa shape index (κ3) is 3.60. The van der Waals surface area contributed by atoms with E-state index >= 15 is 0 Å². The Kier molecular flexibility index (Phi) is 5.06. The lowest BCUT2D eigenvalue weighted by Crippen LogP contribution is -2.47. The Morgan fingerprint density at radius 2 is 1.81 bits per heavy atom. The smallest absolute Gasteiger partial charge is 0.281 e. The van der Waals surface area contributed by atoms with Crippen LogP contribution in [-0.2, 0) is 21.5 Å².